The molecule has 7 rings (SSSR count). The molecule has 4 aromatic rings. The summed E-state index contributed by atoms with van der Waals surface area (Å²) in [5, 5.41) is 8.33. The van der Waals surface area contributed by atoms with E-state index in [1.54, 1.807) is 6.20 Å². The van der Waals surface area contributed by atoms with Crippen LogP contribution in [0.4, 0.5) is 5.95 Å². The molecular weight excluding hydrogens is 480 g/mol. The first-order chi connectivity index (χ1) is 18.7. The highest BCUT2D eigenvalue weighted by Crippen LogP contribution is 2.28. The minimum Gasteiger partial charge on any atom is -0.379 e. The van der Waals surface area contributed by atoms with Crippen LogP contribution in [-0.4, -0.2) is 91.2 Å². The minimum atomic E-state index is 0.0481. The minimum absolute atomic E-state index is 0.0481. The van der Waals surface area contributed by atoms with Crippen LogP contribution < -0.4 is 5.32 Å². The van der Waals surface area contributed by atoms with E-state index in [0.29, 0.717) is 23.7 Å². The molecule has 10 heteroatoms. The van der Waals surface area contributed by atoms with E-state index < -0.39 is 0 Å². The predicted octanol–water partition coefficient (Wildman–Crippen LogP) is 3.34. The van der Waals surface area contributed by atoms with Crippen molar-refractivity contribution in [3.05, 3.63) is 48.7 Å². The standard InChI is InChI=1S/C28H34N8O2/c37-27(34-10-1-2-11-34)25-18-29-26-8-3-20(19-35(25)26)23-9-12-36-24(23)17-30-28(32-36)31-21-4-6-22(7-5-21)33-13-15-38-16-14-33/h3,8-9,12,17-19,21-22H,1-2,4-7,10-11,13-16H2,(H,31,32)/t21-,22-. The first-order valence-corrected chi connectivity index (χ1v) is 13.9. The Morgan fingerprint density at radius 1 is 0.947 bits per heavy atom. The van der Waals surface area contributed by atoms with Crippen LogP contribution in [0, 0.1) is 0 Å². The Morgan fingerprint density at radius 2 is 1.76 bits per heavy atom. The van der Waals surface area contributed by atoms with Crippen molar-refractivity contribution in [3.63, 3.8) is 0 Å². The lowest BCUT2D eigenvalue weighted by molar-refractivity contribution is 0.00790. The van der Waals surface area contributed by atoms with Crippen LogP contribution in [0.3, 0.4) is 0 Å². The molecule has 0 atom stereocenters. The molecule has 10 nitrogen and oxygen atoms in total. The van der Waals surface area contributed by atoms with Gasteiger partial charge in [-0.05, 0) is 56.7 Å². The number of likely N-dealkylation sites (tertiary alicyclic amines) is 1. The van der Waals surface area contributed by atoms with E-state index >= 15 is 0 Å². The van der Waals surface area contributed by atoms with Crippen LogP contribution in [0.25, 0.3) is 22.3 Å². The number of amides is 1. The number of ether oxygens (including phenoxy) is 1. The number of hydrogen-bond acceptors (Lipinski definition) is 7. The molecule has 38 heavy (non-hydrogen) atoms. The quantitative estimate of drug-likeness (QED) is 0.437. The lowest BCUT2D eigenvalue weighted by atomic mass is 9.90. The average molecular weight is 515 g/mol. The summed E-state index contributed by atoms with van der Waals surface area (Å²) in [4.78, 5) is 26.7. The Balaban J connectivity index is 1.07. The molecule has 198 valence electrons. The molecule has 1 saturated carbocycles. The van der Waals surface area contributed by atoms with Crippen molar-refractivity contribution in [1.82, 2.24) is 33.8 Å². The lowest BCUT2D eigenvalue weighted by Crippen LogP contribution is -2.46. The fourth-order valence-corrected chi connectivity index (χ4v) is 6.30. The highest BCUT2D eigenvalue weighted by molar-refractivity contribution is 5.93. The Morgan fingerprint density at radius 3 is 2.58 bits per heavy atom. The van der Waals surface area contributed by atoms with Gasteiger partial charge in [-0.2, -0.15) is 0 Å². The average Bonchev–Trinajstić information content (AvgIpc) is 3.73. The third kappa shape index (κ3) is 4.41. The zero-order valence-electron chi connectivity index (χ0n) is 21.6. The number of anilines is 1. The van der Waals surface area contributed by atoms with Gasteiger partial charge in [-0.3, -0.25) is 14.1 Å². The van der Waals surface area contributed by atoms with Crippen molar-refractivity contribution >= 4 is 23.0 Å². The SMILES string of the molecule is O=C(c1cnc2ccc(-c3ccn4nc(N[C@H]5CC[C@H](N6CCOCC6)CC5)ncc34)cn12)N1CCCC1. The van der Waals surface area contributed by atoms with Crippen LogP contribution in [0.15, 0.2) is 43.0 Å². The number of morpholine rings is 1. The normalized spacial score (nSPS) is 22.9. The van der Waals surface area contributed by atoms with E-state index in [1.807, 2.05) is 44.5 Å². The second-order valence-corrected chi connectivity index (χ2v) is 10.7. The molecule has 0 spiro atoms. The molecule has 4 aromatic heterocycles. The first-order valence-electron chi connectivity index (χ1n) is 13.9. The number of carbonyl (C=O) groups excluding carboxylic acids is 1. The van der Waals surface area contributed by atoms with Crippen molar-refractivity contribution in [1.29, 1.82) is 0 Å². The Kier molecular flexibility index (Phi) is 6.21. The zero-order chi connectivity index (χ0) is 25.5. The third-order valence-electron chi connectivity index (χ3n) is 8.44. The highest BCUT2D eigenvalue weighted by atomic mass is 16.5. The van der Waals surface area contributed by atoms with Crippen LogP contribution >= 0.6 is 0 Å². The van der Waals surface area contributed by atoms with E-state index in [0.717, 1.165) is 87.4 Å². The Hall–Kier alpha value is -3.50. The van der Waals surface area contributed by atoms with Gasteiger partial charge in [0.1, 0.15) is 11.3 Å². The molecule has 0 aromatic carbocycles. The molecule has 2 saturated heterocycles. The molecule has 0 radical (unpaired) electrons. The van der Waals surface area contributed by atoms with Gasteiger partial charge in [0.2, 0.25) is 5.95 Å². The lowest BCUT2D eigenvalue weighted by Gasteiger charge is -2.38. The van der Waals surface area contributed by atoms with Crippen LogP contribution in [0.2, 0.25) is 0 Å². The van der Waals surface area contributed by atoms with Gasteiger partial charge in [-0.1, -0.05) is 0 Å². The summed E-state index contributed by atoms with van der Waals surface area (Å²) >= 11 is 0. The van der Waals surface area contributed by atoms with Gasteiger partial charge in [0.25, 0.3) is 5.91 Å². The number of fused-ring (bicyclic) bond motifs is 2. The number of aromatic nitrogens is 5. The Labute approximate surface area is 221 Å². The summed E-state index contributed by atoms with van der Waals surface area (Å²) in [6.07, 6.45) is 14.3. The van der Waals surface area contributed by atoms with Gasteiger partial charge in [0.15, 0.2) is 0 Å². The summed E-state index contributed by atoms with van der Waals surface area (Å²) in [6, 6.07) is 7.13. The number of pyridine rings is 1. The summed E-state index contributed by atoms with van der Waals surface area (Å²) < 4.78 is 9.31. The number of nitrogens with one attached hydrogen (secondary N) is 1. The first kappa shape index (κ1) is 23.6. The summed E-state index contributed by atoms with van der Waals surface area (Å²) in [7, 11) is 0. The topological polar surface area (TPSA) is 92.3 Å². The molecule has 3 fully saturated rings. The van der Waals surface area contributed by atoms with Crippen molar-refractivity contribution in [2.24, 2.45) is 0 Å². The van der Waals surface area contributed by atoms with Crippen molar-refractivity contribution in [2.45, 2.75) is 50.6 Å². The van der Waals surface area contributed by atoms with Crippen LogP contribution in [0.1, 0.15) is 49.0 Å². The largest absolute Gasteiger partial charge is 0.379 e. The molecule has 1 amide bonds. The van der Waals surface area contributed by atoms with Crippen molar-refractivity contribution < 1.29 is 9.53 Å². The monoisotopic (exact) mass is 514 g/mol. The fraction of sp³-hybridized carbons (Fsp3) is 0.500. The van der Waals surface area contributed by atoms with Gasteiger partial charge in [-0.25, -0.2) is 14.5 Å². The van der Waals surface area contributed by atoms with Gasteiger partial charge >= 0.3 is 0 Å². The maximum Gasteiger partial charge on any atom is 0.272 e. The number of rotatable bonds is 5. The van der Waals surface area contributed by atoms with Gasteiger partial charge in [-0.15, -0.1) is 5.10 Å². The summed E-state index contributed by atoms with van der Waals surface area (Å²) in [6.45, 7) is 5.47. The molecule has 0 bridgehead atoms. The second-order valence-electron chi connectivity index (χ2n) is 10.7. The maximum atomic E-state index is 13.1. The van der Waals surface area contributed by atoms with Crippen LogP contribution in [0.5, 0.6) is 0 Å². The Bertz CT molecular complexity index is 1440. The molecule has 1 N–H and O–H groups in total. The highest BCUT2D eigenvalue weighted by Gasteiger charge is 2.27. The van der Waals surface area contributed by atoms with E-state index in [9.17, 15) is 4.79 Å². The van der Waals surface area contributed by atoms with Gasteiger partial charge in [0, 0.05) is 61.8 Å². The third-order valence-corrected chi connectivity index (χ3v) is 8.44. The van der Waals surface area contributed by atoms with E-state index in [-0.39, 0.29) is 5.91 Å². The second kappa shape index (κ2) is 9.99. The molecule has 2 aliphatic heterocycles. The molecule has 3 aliphatic rings. The van der Waals surface area contributed by atoms with E-state index in [4.69, 9.17) is 9.84 Å². The van der Waals surface area contributed by atoms with Crippen LogP contribution in [-0.2, 0) is 4.74 Å². The molecule has 6 heterocycles. The maximum absolute atomic E-state index is 13.1. The molecule has 1 aliphatic carbocycles. The van der Waals surface area contributed by atoms with Gasteiger partial charge < -0.3 is 15.0 Å². The number of nitrogens with zero attached hydrogens (tertiary/aromatic N) is 7. The predicted molar refractivity (Wildman–Crippen MR) is 144 cm³/mol. The van der Waals surface area contributed by atoms with Crippen molar-refractivity contribution in [2.75, 3.05) is 44.7 Å². The number of carbonyl (C=O) groups is 1. The summed E-state index contributed by atoms with van der Waals surface area (Å²) in [5.41, 5.74) is 4.33. The molecular formula is C28H34N8O2. The number of hydrogen-bond donors (Lipinski definition) is 1. The van der Waals surface area contributed by atoms with Crippen molar-refractivity contribution in [3.8, 4) is 11.1 Å². The van der Waals surface area contributed by atoms with E-state index in [2.05, 4.69) is 26.3 Å². The zero-order valence-corrected chi connectivity index (χ0v) is 21.6. The molecule has 0 unspecified atom stereocenters. The van der Waals surface area contributed by atoms with E-state index in [1.165, 1.54) is 12.8 Å². The fourth-order valence-electron chi connectivity index (χ4n) is 6.30. The van der Waals surface area contributed by atoms with Gasteiger partial charge in [0.05, 0.1) is 31.1 Å². The number of imidazole rings is 1. The smallest absolute Gasteiger partial charge is 0.272 e. The summed E-state index contributed by atoms with van der Waals surface area (Å²) in [5.74, 6) is 0.713.